The van der Waals surface area contributed by atoms with Crippen LogP contribution in [0.5, 0.6) is 17.2 Å². The summed E-state index contributed by atoms with van der Waals surface area (Å²) in [7, 11) is 0. The van der Waals surface area contributed by atoms with Crippen LogP contribution in [0.3, 0.4) is 0 Å². The van der Waals surface area contributed by atoms with Crippen LogP contribution in [0.25, 0.3) is 0 Å². The van der Waals surface area contributed by atoms with Gasteiger partial charge in [0.2, 0.25) is 13.0 Å². The molecule has 2 atom stereocenters. The van der Waals surface area contributed by atoms with Gasteiger partial charge in [-0.3, -0.25) is 0 Å². The monoisotopic (exact) mass is 388 g/mol. The quantitative estimate of drug-likeness (QED) is 0.633. The number of ether oxygens (including phenoxy) is 3. The summed E-state index contributed by atoms with van der Waals surface area (Å²) < 4.78 is 31.7. The second-order valence-corrected chi connectivity index (χ2v) is 7.24. The molecule has 0 N–H and O–H groups in total. The minimum Gasteiger partial charge on any atom is -0.464 e. The Labute approximate surface area is 166 Å². The van der Waals surface area contributed by atoms with Crippen molar-refractivity contribution in [1.29, 1.82) is 0 Å². The van der Waals surface area contributed by atoms with Gasteiger partial charge in [0.05, 0.1) is 17.3 Å². The lowest BCUT2D eigenvalue weighted by Gasteiger charge is -2.38. The molecule has 3 aromatic rings. The first-order valence-corrected chi connectivity index (χ1v) is 9.54. The molecular formula is C23H17FN2O3. The van der Waals surface area contributed by atoms with Gasteiger partial charge in [0.25, 0.3) is 0 Å². The Kier molecular flexibility index (Phi) is 3.53. The van der Waals surface area contributed by atoms with E-state index in [2.05, 4.69) is 0 Å². The number of hydrogen-bond acceptors (Lipinski definition) is 5. The van der Waals surface area contributed by atoms with Crippen LogP contribution in [0.1, 0.15) is 35.4 Å². The van der Waals surface area contributed by atoms with E-state index in [0.717, 1.165) is 34.1 Å². The summed E-state index contributed by atoms with van der Waals surface area (Å²) in [5.41, 5.74) is 3.41. The van der Waals surface area contributed by atoms with Gasteiger partial charge in [-0.25, -0.2) is 9.40 Å². The van der Waals surface area contributed by atoms with E-state index in [-0.39, 0.29) is 18.7 Å². The lowest BCUT2D eigenvalue weighted by molar-refractivity contribution is -0.0212. The largest absolute Gasteiger partial charge is 0.464 e. The third kappa shape index (κ3) is 2.56. The molecule has 3 aliphatic rings. The van der Waals surface area contributed by atoms with Crippen molar-refractivity contribution in [2.45, 2.75) is 18.7 Å². The van der Waals surface area contributed by atoms with E-state index < -0.39 is 6.23 Å². The summed E-state index contributed by atoms with van der Waals surface area (Å²) in [6.45, 7) is 0.233. The third-order valence-electron chi connectivity index (χ3n) is 5.58. The second kappa shape index (κ2) is 6.24. The van der Waals surface area contributed by atoms with Gasteiger partial charge in [-0.15, -0.1) is 0 Å². The Balaban J connectivity index is 1.45. The number of benzene rings is 3. The van der Waals surface area contributed by atoms with Crippen LogP contribution in [0.15, 0.2) is 71.8 Å². The fraction of sp³-hybridized carbons (Fsp3) is 0.174. The number of para-hydroxylation sites is 1. The van der Waals surface area contributed by atoms with E-state index >= 15 is 0 Å². The second-order valence-electron chi connectivity index (χ2n) is 7.24. The molecule has 29 heavy (non-hydrogen) atoms. The van der Waals surface area contributed by atoms with Crippen molar-refractivity contribution in [1.82, 2.24) is 5.01 Å². The Bertz CT molecular complexity index is 1150. The van der Waals surface area contributed by atoms with Crippen LogP contribution in [0.4, 0.5) is 4.39 Å². The van der Waals surface area contributed by atoms with Gasteiger partial charge >= 0.3 is 0 Å². The lowest BCUT2D eigenvalue weighted by Crippen LogP contribution is -2.34. The number of nitrogens with zero attached hydrogens (tertiary/aromatic N) is 2. The highest BCUT2D eigenvalue weighted by Crippen LogP contribution is 2.48. The Hall–Kier alpha value is -3.54. The van der Waals surface area contributed by atoms with E-state index in [1.54, 1.807) is 12.1 Å². The first-order valence-electron chi connectivity index (χ1n) is 9.54. The minimum absolute atomic E-state index is 0.0232. The fourth-order valence-corrected chi connectivity index (χ4v) is 4.17. The van der Waals surface area contributed by atoms with Crippen LogP contribution in [-0.2, 0) is 0 Å². The molecule has 0 unspecified atom stereocenters. The highest BCUT2D eigenvalue weighted by atomic mass is 19.1. The van der Waals surface area contributed by atoms with Gasteiger partial charge in [-0.2, -0.15) is 5.10 Å². The number of hydrazone groups is 1. The molecule has 5 nitrogen and oxygen atoms in total. The zero-order valence-electron chi connectivity index (χ0n) is 15.4. The molecule has 0 aliphatic carbocycles. The Morgan fingerprint density at radius 1 is 0.862 bits per heavy atom. The predicted octanol–water partition coefficient (Wildman–Crippen LogP) is 4.80. The summed E-state index contributed by atoms with van der Waals surface area (Å²) in [5.74, 6) is 1.92. The molecule has 3 heterocycles. The third-order valence-corrected chi connectivity index (χ3v) is 5.58. The molecule has 6 rings (SSSR count). The molecule has 3 aromatic carbocycles. The molecular weight excluding hydrogens is 371 g/mol. The Morgan fingerprint density at radius 2 is 1.66 bits per heavy atom. The smallest absolute Gasteiger partial charge is 0.231 e. The van der Waals surface area contributed by atoms with Crippen LogP contribution < -0.4 is 14.2 Å². The van der Waals surface area contributed by atoms with Crippen molar-refractivity contribution in [3.8, 4) is 17.2 Å². The van der Waals surface area contributed by atoms with Crippen LogP contribution in [0, 0.1) is 5.82 Å². The van der Waals surface area contributed by atoms with Crippen LogP contribution in [0.2, 0.25) is 0 Å². The first-order chi connectivity index (χ1) is 14.3. The Morgan fingerprint density at radius 3 is 2.55 bits per heavy atom. The van der Waals surface area contributed by atoms with Gasteiger partial charge in [-0.05, 0) is 30.3 Å². The number of rotatable bonds is 2. The zero-order chi connectivity index (χ0) is 19.4. The summed E-state index contributed by atoms with van der Waals surface area (Å²) >= 11 is 0. The molecule has 0 spiro atoms. The normalized spacial score (nSPS) is 21.3. The summed E-state index contributed by atoms with van der Waals surface area (Å²) in [6, 6.07) is 20.4. The molecule has 0 fully saturated rings. The van der Waals surface area contributed by atoms with Gasteiger partial charge in [-0.1, -0.05) is 36.4 Å². The van der Waals surface area contributed by atoms with E-state index in [0.29, 0.717) is 12.0 Å². The average Bonchev–Trinajstić information content (AvgIpc) is 3.40. The van der Waals surface area contributed by atoms with Gasteiger partial charge in [0.1, 0.15) is 11.6 Å². The summed E-state index contributed by atoms with van der Waals surface area (Å²) in [5, 5.41) is 6.74. The number of fused-ring (bicyclic) bond motifs is 4. The maximum absolute atomic E-state index is 14.6. The maximum atomic E-state index is 14.6. The highest BCUT2D eigenvalue weighted by molar-refractivity contribution is 6.02. The maximum Gasteiger partial charge on any atom is 0.231 e. The SMILES string of the molecule is Fc1ccccc1[C@@H]1Oc2ccccc2[C@@H]2CC(c3ccc4c(c3)OCO4)=NN21. The van der Waals surface area contributed by atoms with Crippen molar-refractivity contribution < 1.29 is 18.6 Å². The number of halogens is 1. The highest BCUT2D eigenvalue weighted by Gasteiger charge is 2.41. The molecule has 0 bridgehead atoms. The predicted molar refractivity (Wildman–Crippen MR) is 105 cm³/mol. The van der Waals surface area contributed by atoms with E-state index in [9.17, 15) is 4.39 Å². The first kappa shape index (κ1) is 16.4. The van der Waals surface area contributed by atoms with Crippen molar-refractivity contribution in [2.24, 2.45) is 5.10 Å². The van der Waals surface area contributed by atoms with Gasteiger partial charge < -0.3 is 14.2 Å². The van der Waals surface area contributed by atoms with Crippen molar-refractivity contribution in [3.05, 3.63) is 89.2 Å². The van der Waals surface area contributed by atoms with Crippen LogP contribution in [-0.4, -0.2) is 17.5 Å². The van der Waals surface area contributed by atoms with Gasteiger partial charge in [0, 0.05) is 17.5 Å². The lowest BCUT2D eigenvalue weighted by atomic mass is 9.95. The average molecular weight is 388 g/mol. The van der Waals surface area contributed by atoms with E-state index in [1.807, 2.05) is 53.5 Å². The molecule has 0 amide bonds. The summed E-state index contributed by atoms with van der Waals surface area (Å²) in [4.78, 5) is 0. The fourth-order valence-electron chi connectivity index (χ4n) is 4.17. The van der Waals surface area contributed by atoms with Crippen molar-refractivity contribution in [3.63, 3.8) is 0 Å². The molecule has 0 saturated heterocycles. The zero-order valence-corrected chi connectivity index (χ0v) is 15.4. The van der Waals surface area contributed by atoms with Crippen molar-refractivity contribution >= 4 is 5.71 Å². The number of hydrogen-bond donors (Lipinski definition) is 0. The topological polar surface area (TPSA) is 43.3 Å². The molecule has 0 radical (unpaired) electrons. The van der Waals surface area contributed by atoms with Gasteiger partial charge in [0.15, 0.2) is 11.5 Å². The summed E-state index contributed by atoms with van der Waals surface area (Å²) in [6.07, 6.45) is 0.0768. The molecule has 0 aromatic heterocycles. The van der Waals surface area contributed by atoms with E-state index in [4.69, 9.17) is 19.3 Å². The van der Waals surface area contributed by atoms with Crippen LogP contribution >= 0.6 is 0 Å². The minimum atomic E-state index is -0.623. The van der Waals surface area contributed by atoms with Crippen molar-refractivity contribution in [2.75, 3.05) is 6.79 Å². The van der Waals surface area contributed by atoms with E-state index in [1.165, 1.54) is 6.07 Å². The standard InChI is InChI=1S/C23H17FN2O3/c24-17-7-3-1-5-15(17)23-26-19(16-6-2-4-8-20(16)29-23)12-18(25-26)14-9-10-21-22(11-14)28-13-27-21/h1-11,19,23H,12-13H2/t19-,23-/m0/s1. The molecule has 0 saturated carbocycles. The molecule has 144 valence electrons. The molecule has 3 aliphatic heterocycles. The molecule has 6 heteroatoms.